The second-order valence-corrected chi connectivity index (χ2v) is 8.12. The van der Waals surface area contributed by atoms with Gasteiger partial charge in [-0.05, 0) is 31.2 Å². The van der Waals surface area contributed by atoms with E-state index in [9.17, 15) is 28.8 Å². The molecule has 0 saturated carbocycles. The fraction of sp³-hybridized carbons (Fsp3) is 0.0714. The number of allylic oxidation sites excluding steroid dienone is 1. The largest absolute Gasteiger partial charge is 0.355 e. The van der Waals surface area contributed by atoms with Gasteiger partial charge in [-0.1, -0.05) is 48.5 Å². The molecule has 0 heterocycles. The fourth-order valence-corrected chi connectivity index (χ4v) is 3.70. The van der Waals surface area contributed by atoms with E-state index in [1.807, 2.05) is 0 Å². The smallest absolute Gasteiger partial charge is 0.292 e. The van der Waals surface area contributed by atoms with E-state index in [1.165, 1.54) is 37.3 Å². The zero-order valence-electron chi connectivity index (χ0n) is 19.2. The number of amides is 1. The third kappa shape index (κ3) is 5.23. The monoisotopic (exact) mass is 480 g/mol. The average Bonchev–Trinajstić information content (AvgIpc) is 2.87. The molecule has 8 nitrogen and oxygen atoms in total. The predicted octanol–water partition coefficient (Wildman–Crippen LogP) is 3.89. The van der Waals surface area contributed by atoms with Crippen LogP contribution in [0.4, 0.5) is 11.4 Å². The van der Waals surface area contributed by atoms with Crippen molar-refractivity contribution in [3.63, 3.8) is 0 Å². The number of Topliss-reactive ketones (excluding diaryl/α,β-unsaturated/α-hetero) is 4. The van der Waals surface area contributed by atoms with E-state index in [0.717, 1.165) is 0 Å². The number of benzene rings is 3. The molecule has 8 heteroatoms. The number of carbonyl (C=O) groups excluding carboxylic acids is 6. The zero-order valence-corrected chi connectivity index (χ0v) is 19.2. The maximum Gasteiger partial charge on any atom is 0.292 e. The SMILES string of the molecule is CC(=O)c1cccc(NC(=O)C(=O)CC(=O)c2cccc(NC3=CC(=O)C(=O)c4ccccc43)c2)c1. The van der Waals surface area contributed by atoms with Crippen molar-refractivity contribution < 1.29 is 28.8 Å². The molecular formula is C28H20N2O6. The second-order valence-electron chi connectivity index (χ2n) is 8.12. The first-order valence-electron chi connectivity index (χ1n) is 11.0. The number of ketones is 5. The molecule has 1 amide bonds. The summed E-state index contributed by atoms with van der Waals surface area (Å²) in [5, 5.41) is 5.45. The van der Waals surface area contributed by atoms with Gasteiger partial charge in [-0.3, -0.25) is 28.8 Å². The van der Waals surface area contributed by atoms with Crippen LogP contribution < -0.4 is 10.6 Å². The Morgan fingerprint density at radius 1 is 0.750 bits per heavy atom. The maximum absolute atomic E-state index is 12.7. The molecule has 0 atom stereocenters. The van der Waals surface area contributed by atoms with Crippen molar-refractivity contribution in [1.82, 2.24) is 0 Å². The van der Waals surface area contributed by atoms with Crippen LogP contribution in [0.3, 0.4) is 0 Å². The van der Waals surface area contributed by atoms with Crippen LogP contribution in [-0.4, -0.2) is 34.8 Å². The number of carbonyl (C=O) groups is 6. The molecule has 0 unspecified atom stereocenters. The van der Waals surface area contributed by atoms with Crippen molar-refractivity contribution in [3.05, 3.63) is 101 Å². The van der Waals surface area contributed by atoms with Gasteiger partial charge in [0.15, 0.2) is 11.6 Å². The van der Waals surface area contributed by atoms with E-state index in [0.29, 0.717) is 22.5 Å². The molecule has 0 aliphatic heterocycles. The lowest BCUT2D eigenvalue weighted by Crippen LogP contribution is -2.25. The maximum atomic E-state index is 12.7. The van der Waals surface area contributed by atoms with E-state index >= 15 is 0 Å². The molecule has 0 saturated heterocycles. The molecule has 178 valence electrons. The lowest BCUT2D eigenvalue weighted by Gasteiger charge is -2.18. The Hall–Kier alpha value is -4.98. The first kappa shape index (κ1) is 24.2. The highest BCUT2D eigenvalue weighted by molar-refractivity contribution is 6.50. The summed E-state index contributed by atoms with van der Waals surface area (Å²) in [5.74, 6) is -3.91. The predicted molar refractivity (Wildman–Crippen MR) is 133 cm³/mol. The third-order valence-corrected chi connectivity index (χ3v) is 5.53. The second kappa shape index (κ2) is 10.1. The van der Waals surface area contributed by atoms with Gasteiger partial charge >= 0.3 is 0 Å². The summed E-state index contributed by atoms with van der Waals surface area (Å²) in [5.41, 5.74) is 2.54. The molecule has 0 fully saturated rings. The van der Waals surface area contributed by atoms with E-state index in [-0.39, 0.29) is 22.6 Å². The Balaban J connectivity index is 1.45. The minimum atomic E-state index is -0.967. The quantitative estimate of drug-likeness (QED) is 0.285. The van der Waals surface area contributed by atoms with E-state index in [4.69, 9.17) is 0 Å². The summed E-state index contributed by atoms with van der Waals surface area (Å²) >= 11 is 0. The minimum Gasteiger partial charge on any atom is -0.355 e. The van der Waals surface area contributed by atoms with Gasteiger partial charge in [0.1, 0.15) is 0 Å². The zero-order chi connectivity index (χ0) is 25.8. The highest BCUT2D eigenvalue weighted by atomic mass is 16.2. The van der Waals surface area contributed by atoms with Gasteiger partial charge in [-0.2, -0.15) is 0 Å². The topological polar surface area (TPSA) is 126 Å². The molecular weight excluding hydrogens is 460 g/mol. The van der Waals surface area contributed by atoms with Gasteiger partial charge in [-0.15, -0.1) is 0 Å². The van der Waals surface area contributed by atoms with Crippen molar-refractivity contribution in [2.75, 3.05) is 10.6 Å². The highest BCUT2D eigenvalue weighted by Crippen LogP contribution is 2.27. The summed E-state index contributed by atoms with van der Waals surface area (Å²) in [6.07, 6.45) is 0.550. The summed E-state index contributed by atoms with van der Waals surface area (Å²) in [7, 11) is 0. The van der Waals surface area contributed by atoms with Gasteiger partial charge in [0.2, 0.25) is 17.3 Å². The van der Waals surface area contributed by atoms with Gasteiger partial charge in [0.25, 0.3) is 5.91 Å². The molecule has 3 aromatic rings. The Morgan fingerprint density at radius 3 is 2.11 bits per heavy atom. The Kier molecular flexibility index (Phi) is 6.78. The molecule has 0 radical (unpaired) electrons. The molecule has 3 aromatic carbocycles. The summed E-state index contributed by atoms with van der Waals surface area (Å²) in [6.45, 7) is 1.38. The molecule has 2 N–H and O–H groups in total. The minimum absolute atomic E-state index is 0.187. The van der Waals surface area contributed by atoms with Crippen LogP contribution in [0, 0.1) is 0 Å². The first-order chi connectivity index (χ1) is 17.2. The first-order valence-corrected chi connectivity index (χ1v) is 11.0. The molecule has 1 aliphatic carbocycles. The van der Waals surface area contributed by atoms with Crippen LogP contribution in [0.25, 0.3) is 5.70 Å². The molecule has 4 rings (SSSR count). The standard InChI is InChI=1S/C28H20N2O6/c1-16(31)17-6-4-9-20(12-17)30-28(36)26(34)15-24(32)18-7-5-8-19(13-18)29-23-14-25(33)27(35)22-11-3-2-10-21(22)23/h2-14,29H,15H2,1H3,(H,30,36). The highest BCUT2D eigenvalue weighted by Gasteiger charge is 2.25. The number of anilines is 2. The average molecular weight is 480 g/mol. The number of fused-ring (bicyclic) bond motifs is 1. The number of rotatable bonds is 8. The van der Waals surface area contributed by atoms with E-state index < -0.39 is 35.5 Å². The van der Waals surface area contributed by atoms with Crippen LogP contribution in [0.5, 0.6) is 0 Å². The lowest BCUT2D eigenvalue weighted by molar-refractivity contribution is -0.134. The van der Waals surface area contributed by atoms with Gasteiger partial charge in [0.05, 0.1) is 12.1 Å². The van der Waals surface area contributed by atoms with Crippen LogP contribution in [0.15, 0.2) is 78.9 Å². The van der Waals surface area contributed by atoms with E-state index in [2.05, 4.69) is 10.6 Å². The van der Waals surface area contributed by atoms with Crippen LogP contribution in [0.2, 0.25) is 0 Å². The molecule has 36 heavy (non-hydrogen) atoms. The summed E-state index contributed by atoms with van der Waals surface area (Å²) in [6, 6.07) is 19.1. The fourth-order valence-electron chi connectivity index (χ4n) is 3.70. The van der Waals surface area contributed by atoms with Crippen molar-refractivity contribution in [2.45, 2.75) is 13.3 Å². The number of hydrogen-bond acceptors (Lipinski definition) is 7. The van der Waals surface area contributed by atoms with Crippen LogP contribution >= 0.6 is 0 Å². The van der Waals surface area contributed by atoms with Crippen molar-refractivity contribution in [2.24, 2.45) is 0 Å². The Morgan fingerprint density at radius 2 is 1.39 bits per heavy atom. The van der Waals surface area contributed by atoms with E-state index in [1.54, 1.807) is 48.5 Å². The van der Waals surface area contributed by atoms with Gasteiger partial charge in [0, 0.05) is 39.7 Å². The summed E-state index contributed by atoms with van der Waals surface area (Å²) in [4.78, 5) is 73.1. The molecule has 0 aromatic heterocycles. The lowest BCUT2D eigenvalue weighted by atomic mass is 9.92. The third-order valence-electron chi connectivity index (χ3n) is 5.53. The Labute approximate surface area is 206 Å². The normalized spacial score (nSPS) is 12.3. The van der Waals surface area contributed by atoms with Crippen molar-refractivity contribution >= 4 is 51.9 Å². The van der Waals surface area contributed by atoms with Gasteiger partial charge in [-0.25, -0.2) is 0 Å². The molecule has 0 spiro atoms. The Bertz CT molecular complexity index is 1480. The summed E-state index contributed by atoms with van der Waals surface area (Å²) < 4.78 is 0. The van der Waals surface area contributed by atoms with Crippen molar-refractivity contribution in [3.8, 4) is 0 Å². The number of hydrogen-bond donors (Lipinski definition) is 2. The number of nitrogens with one attached hydrogen (secondary N) is 2. The van der Waals surface area contributed by atoms with Crippen molar-refractivity contribution in [1.29, 1.82) is 0 Å². The molecule has 1 aliphatic rings. The molecule has 0 bridgehead atoms. The van der Waals surface area contributed by atoms with Gasteiger partial charge < -0.3 is 10.6 Å². The van der Waals surface area contributed by atoms with Crippen LogP contribution in [0.1, 0.15) is 50.0 Å². The van der Waals surface area contributed by atoms with Crippen LogP contribution in [-0.2, 0) is 14.4 Å².